The van der Waals surface area contributed by atoms with Crippen molar-refractivity contribution in [1.82, 2.24) is 9.80 Å². The number of carboxylic acid groups (broad SMARTS) is 1. The van der Waals surface area contributed by atoms with E-state index in [0.717, 1.165) is 44.6 Å². The summed E-state index contributed by atoms with van der Waals surface area (Å²) in [6.45, 7) is 4.22. The van der Waals surface area contributed by atoms with Crippen LogP contribution in [0.2, 0.25) is 0 Å². The van der Waals surface area contributed by atoms with Gasteiger partial charge >= 0.3 is 5.97 Å². The maximum absolute atomic E-state index is 12.8. The standard InChI is InChI=1S/C21H30N2O3/c24-20(16-22-12-4-2-1-3-5-13-22)23-14-6-7-19(15-23)17-8-10-18(11-9-17)21(25)26/h8-11,19H,1-7,12-16H2,(H,25,26)/t19-/m1/s1. The molecule has 1 N–H and O–H groups in total. The molecule has 2 saturated heterocycles. The molecule has 2 fully saturated rings. The van der Waals surface area contributed by atoms with Gasteiger partial charge in [0.1, 0.15) is 0 Å². The van der Waals surface area contributed by atoms with E-state index in [0.29, 0.717) is 18.0 Å². The fourth-order valence-electron chi connectivity index (χ4n) is 4.14. The van der Waals surface area contributed by atoms with Crippen molar-refractivity contribution >= 4 is 11.9 Å². The molecule has 0 aliphatic carbocycles. The molecule has 0 bridgehead atoms. The van der Waals surface area contributed by atoms with E-state index in [1.807, 2.05) is 17.0 Å². The largest absolute Gasteiger partial charge is 0.478 e. The smallest absolute Gasteiger partial charge is 0.335 e. The van der Waals surface area contributed by atoms with Crippen molar-refractivity contribution in [3.63, 3.8) is 0 Å². The lowest BCUT2D eigenvalue weighted by molar-refractivity contribution is -0.133. The number of amides is 1. The minimum absolute atomic E-state index is 0.248. The Labute approximate surface area is 156 Å². The molecule has 5 nitrogen and oxygen atoms in total. The normalized spacial score (nSPS) is 22.5. The highest BCUT2D eigenvalue weighted by Gasteiger charge is 2.26. The van der Waals surface area contributed by atoms with Crippen LogP contribution in [-0.4, -0.2) is 59.5 Å². The number of rotatable bonds is 4. The van der Waals surface area contributed by atoms with Crippen LogP contribution in [0, 0.1) is 0 Å². The fraction of sp³-hybridized carbons (Fsp3) is 0.619. The summed E-state index contributed by atoms with van der Waals surface area (Å²) in [6, 6.07) is 7.14. The second kappa shape index (κ2) is 9.17. The summed E-state index contributed by atoms with van der Waals surface area (Å²) in [5, 5.41) is 9.04. The minimum Gasteiger partial charge on any atom is -0.478 e. The van der Waals surface area contributed by atoms with E-state index in [4.69, 9.17) is 5.11 Å². The third-order valence-corrected chi connectivity index (χ3v) is 5.71. The van der Waals surface area contributed by atoms with E-state index in [2.05, 4.69) is 4.90 Å². The minimum atomic E-state index is -0.898. The van der Waals surface area contributed by atoms with Gasteiger partial charge in [-0.15, -0.1) is 0 Å². The van der Waals surface area contributed by atoms with Crippen LogP contribution in [0.4, 0.5) is 0 Å². The number of likely N-dealkylation sites (tertiary alicyclic amines) is 2. The third kappa shape index (κ3) is 5.07. The molecule has 0 radical (unpaired) electrons. The highest BCUT2D eigenvalue weighted by molar-refractivity contribution is 5.87. The summed E-state index contributed by atoms with van der Waals surface area (Å²) in [5.41, 5.74) is 1.45. The summed E-state index contributed by atoms with van der Waals surface area (Å²) >= 11 is 0. The number of benzene rings is 1. The Kier molecular flexibility index (Phi) is 6.67. The van der Waals surface area contributed by atoms with Crippen LogP contribution < -0.4 is 0 Å². The van der Waals surface area contributed by atoms with E-state index in [-0.39, 0.29) is 5.91 Å². The topological polar surface area (TPSA) is 60.9 Å². The Morgan fingerprint density at radius 1 is 0.923 bits per heavy atom. The summed E-state index contributed by atoms with van der Waals surface area (Å²) in [4.78, 5) is 28.1. The first-order chi connectivity index (χ1) is 12.6. The van der Waals surface area contributed by atoms with Gasteiger partial charge in [0.15, 0.2) is 0 Å². The lowest BCUT2D eigenvalue weighted by atomic mass is 9.90. The number of carbonyl (C=O) groups excluding carboxylic acids is 1. The average Bonchev–Trinajstić information content (AvgIpc) is 2.64. The van der Waals surface area contributed by atoms with Crippen molar-refractivity contribution in [3.8, 4) is 0 Å². The zero-order valence-corrected chi connectivity index (χ0v) is 15.5. The van der Waals surface area contributed by atoms with Crippen molar-refractivity contribution in [1.29, 1.82) is 0 Å². The zero-order valence-electron chi connectivity index (χ0n) is 15.5. The predicted molar refractivity (Wildman–Crippen MR) is 101 cm³/mol. The van der Waals surface area contributed by atoms with Crippen molar-refractivity contribution in [3.05, 3.63) is 35.4 Å². The van der Waals surface area contributed by atoms with Crippen LogP contribution in [0.25, 0.3) is 0 Å². The maximum Gasteiger partial charge on any atom is 0.335 e. The van der Waals surface area contributed by atoms with Gasteiger partial charge in [-0.05, 0) is 56.5 Å². The maximum atomic E-state index is 12.8. The van der Waals surface area contributed by atoms with Gasteiger partial charge < -0.3 is 10.0 Å². The van der Waals surface area contributed by atoms with Crippen molar-refractivity contribution in [2.75, 3.05) is 32.7 Å². The third-order valence-electron chi connectivity index (χ3n) is 5.71. The monoisotopic (exact) mass is 358 g/mol. The number of nitrogens with zero attached hydrogens (tertiary/aromatic N) is 2. The van der Waals surface area contributed by atoms with Gasteiger partial charge in [0.2, 0.25) is 5.91 Å². The first-order valence-electron chi connectivity index (χ1n) is 9.97. The van der Waals surface area contributed by atoms with E-state index in [9.17, 15) is 9.59 Å². The van der Waals surface area contributed by atoms with E-state index in [1.165, 1.54) is 32.1 Å². The average molecular weight is 358 g/mol. The first kappa shape index (κ1) is 18.9. The molecule has 0 unspecified atom stereocenters. The molecule has 0 spiro atoms. The van der Waals surface area contributed by atoms with E-state index >= 15 is 0 Å². The number of carbonyl (C=O) groups is 2. The van der Waals surface area contributed by atoms with E-state index < -0.39 is 5.97 Å². The second-order valence-corrected chi connectivity index (χ2v) is 7.65. The van der Waals surface area contributed by atoms with Crippen LogP contribution >= 0.6 is 0 Å². The molecule has 1 aromatic rings. The quantitative estimate of drug-likeness (QED) is 0.897. The molecule has 1 amide bonds. The number of carboxylic acids is 1. The molecule has 0 saturated carbocycles. The molecule has 0 aromatic heterocycles. The zero-order chi connectivity index (χ0) is 18.4. The predicted octanol–water partition coefficient (Wildman–Crippen LogP) is 3.36. The number of piperidine rings is 1. The highest BCUT2D eigenvalue weighted by atomic mass is 16.4. The van der Waals surface area contributed by atoms with Crippen LogP contribution in [0.5, 0.6) is 0 Å². The highest BCUT2D eigenvalue weighted by Crippen LogP contribution is 2.27. The molecular formula is C21H30N2O3. The molecule has 1 atom stereocenters. The molecule has 5 heteroatoms. The van der Waals surface area contributed by atoms with Gasteiger partial charge in [-0.1, -0.05) is 31.4 Å². The lowest BCUT2D eigenvalue weighted by Gasteiger charge is -2.35. The van der Waals surface area contributed by atoms with Gasteiger partial charge in [-0.2, -0.15) is 0 Å². The van der Waals surface area contributed by atoms with Gasteiger partial charge in [0.05, 0.1) is 12.1 Å². The van der Waals surface area contributed by atoms with Gasteiger partial charge in [-0.3, -0.25) is 9.69 Å². The van der Waals surface area contributed by atoms with Crippen molar-refractivity contribution < 1.29 is 14.7 Å². The Hall–Kier alpha value is -1.88. The van der Waals surface area contributed by atoms with Crippen molar-refractivity contribution in [2.24, 2.45) is 0 Å². The number of hydrogen-bond donors (Lipinski definition) is 1. The Balaban J connectivity index is 1.56. The fourth-order valence-corrected chi connectivity index (χ4v) is 4.14. The SMILES string of the molecule is O=C(O)c1ccc([C@@H]2CCCN(C(=O)CN3CCCCCCC3)C2)cc1. The van der Waals surface area contributed by atoms with Crippen LogP contribution in [-0.2, 0) is 4.79 Å². The molecule has 142 valence electrons. The summed E-state index contributed by atoms with van der Waals surface area (Å²) in [7, 11) is 0. The molecule has 1 aromatic carbocycles. The van der Waals surface area contributed by atoms with Gasteiger partial charge in [0.25, 0.3) is 0 Å². The lowest BCUT2D eigenvalue weighted by Crippen LogP contribution is -2.45. The molecule has 2 aliphatic rings. The molecule has 3 rings (SSSR count). The van der Waals surface area contributed by atoms with Crippen LogP contribution in [0.1, 0.15) is 66.8 Å². The Morgan fingerprint density at radius 2 is 1.58 bits per heavy atom. The van der Waals surface area contributed by atoms with Gasteiger partial charge in [-0.25, -0.2) is 4.79 Å². The summed E-state index contributed by atoms with van der Waals surface area (Å²) < 4.78 is 0. The molecule has 2 aliphatic heterocycles. The van der Waals surface area contributed by atoms with Crippen molar-refractivity contribution in [2.45, 2.75) is 50.9 Å². The number of aromatic carboxylic acids is 1. The molecule has 26 heavy (non-hydrogen) atoms. The molecule has 2 heterocycles. The Morgan fingerprint density at radius 3 is 2.23 bits per heavy atom. The van der Waals surface area contributed by atoms with Crippen LogP contribution in [0.3, 0.4) is 0 Å². The van der Waals surface area contributed by atoms with Gasteiger partial charge in [0, 0.05) is 19.0 Å². The summed E-state index contributed by atoms with van der Waals surface area (Å²) in [6.07, 6.45) is 8.36. The van der Waals surface area contributed by atoms with Crippen LogP contribution in [0.15, 0.2) is 24.3 Å². The molecular weight excluding hydrogens is 328 g/mol. The first-order valence-corrected chi connectivity index (χ1v) is 9.97. The Bertz CT molecular complexity index is 606. The van der Waals surface area contributed by atoms with E-state index in [1.54, 1.807) is 12.1 Å². The number of hydrogen-bond acceptors (Lipinski definition) is 3. The second-order valence-electron chi connectivity index (χ2n) is 7.65. The summed E-state index contributed by atoms with van der Waals surface area (Å²) in [5.74, 6) is -0.342.